The Morgan fingerprint density at radius 3 is 3.05 bits per heavy atom. The molecule has 0 N–H and O–H groups in total. The van der Waals surface area contributed by atoms with E-state index in [9.17, 15) is 4.79 Å². The summed E-state index contributed by atoms with van der Waals surface area (Å²) >= 11 is 0. The number of benzene rings is 1. The van der Waals surface area contributed by atoms with Crippen molar-refractivity contribution >= 4 is 5.97 Å². The molecule has 1 aromatic carbocycles. The van der Waals surface area contributed by atoms with Gasteiger partial charge in [0.15, 0.2) is 0 Å². The molecule has 0 aromatic heterocycles. The lowest BCUT2D eigenvalue weighted by Crippen LogP contribution is -2.46. The van der Waals surface area contributed by atoms with Crippen LogP contribution in [0.15, 0.2) is 18.2 Å². The summed E-state index contributed by atoms with van der Waals surface area (Å²) in [5.74, 6) is 0.647. The van der Waals surface area contributed by atoms with E-state index in [1.165, 1.54) is 19.4 Å². The molecule has 0 amide bonds. The van der Waals surface area contributed by atoms with Gasteiger partial charge in [0.25, 0.3) is 0 Å². The molecule has 3 aliphatic rings. The zero-order chi connectivity index (χ0) is 14.4. The highest BCUT2D eigenvalue weighted by atomic mass is 16.5. The van der Waals surface area contributed by atoms with Gasteiger partial charge in [-0.25, -0.2) is 4.79 Å². The van der Waals surface area contributed by atoms with Crippen LogP contribution >= 0.6 is 0 Å². The molecule has 1 atom stereocenters. The van der Waals surface area contributed by atoms with Gasteiger partial charge in [0, 0.05) is 18.7 Å². The fraction of sp³-hybridized carbons (Fsp3) is 0.588. The van der Waals surface area contributed by atoms with Gasteiger partial charge in [-0.05, 0) is 49.4 Å². The van der Waals surface area contributed by atoms with Gasteiger partial charge in [-0.2, -0.15) is 0 Å². The third kappa shape index (κ3) is 2.42. The Kier molecular flexibility index (Phi) is 2.96. The number of hydrogen-bond donors (Lipinski definition) is 0. The average Bonchev–Trinajstić information content (AvgIpc) is 3.11. The standard InChI is InChI=1S/C17H21NO3/c1-2-18-9-14(8-17(11-18)5-6-17)21-13-3-4-15-12(7-13)10-20-16(15)19/h3-4,7,14H,2,5-6,8-11H2,1H3. The number of fused-ring (bicyclic) bond motifs is 1. The van der Waals surface area contributed by atoms with Crippen LogP contribution in [0.4, 0.5) is 0 Å². The number of piperidine rings is 1. The summed E-state index contributed by atoms with van der Waals surface area (Å²) in [4.78, 5) is 14.0. The van der Waals surface area contributed by atoms with Crippen molar-refractivity contribution in [2.24, 2.45) is 5.41 Å². The second kappa shape index (κ2) is 4.73. The Morgan fingerprint density at radius 2 is 2.29 bits per heavy atom. The van der Waals surface area contributed by atoms with Crippen molar-refractivity contribution in [2.45, 2.75) is 38.9 Å². The topological polar surface area (TPSA) is 38.8 Å². The highest BCUT2D eigenvalue weighted by Gasteiger charge is 2.48. The van der Waals surface area contributed by atoms with Gasteiger partial charge >= 0.3 is 5.97 Å². The van der Waals surface area contributed by atoms with Crippen molar-refractivity contribution in [3.05, 3.63) is 29.3 Å². The minimum absolute atomic E-state index is 0.219. The zero-order valence-electron chi connectivity index (χ0n) is 12.4. The van der Waals surface area contributed by atoms with Crippen LogP contribution in [0.1, 0.15) is 42.1 Å². The first-order valence-corrected chi connectivity index (χ1v) is 7.86. The lowest BCUT2D eigenvalue weighted by Gasteiger charge is -2.37. The van der Waals surface area contributed by atoms with E-state index in [2.05, 4.69) is 11.8 Å². The second-order valence-electron chi connectivity index (χ2n) is 6.67. The second-order valence-corrected chi connectivity index (χ2v) is 6.67. The summed E-state index contributed by atoms with van der Waals surface area (Å²) in [7, 11) is 0. The molecule has 4 nitrogen and oxygen atoms in total. The van der Waals surface area contributed by atoms with E-state index >= 15 is 0 Å². The van der Waals surface area contributed by atoms with Crippen LogP contribution in [0.25, 0.3) is 0 Å². The van der Waals surface area contributed by atoms with Crippen LogP contribution in [0.3, 0.4) is 0 Å². The van der Waals surface area contributed by atoms with Gasteiger partial charge in [0.1, 0.15) is 18.5 Å². The van der Waals surface area contributed by atoms with Crippen molar-refractivity contribution < 1.29 is 14.3 Å². The molecule has 4 heteroatoms. The molecule has 1 aliphatic carbocycles. The van der Waals surface area contributed by atoms with E-state index in [-0.39, 0.29) is 12.1 Å². The molecule has 2 fully saturated rings. The lowest BCUT2D eigenvalue weighted by atomic mass is 9.93. The number of esters is 1. The fourth-order valence-corrected chi connectivity index (χ4v) is 3.67. The third-order valence-electron chi connectivity index (χ3n) is 5.04. The predicted molar refractivity (Wildman–Crippen MR) is 78.4 cm³/mol. The normalized spacial score (nSPS) is 26.5. The molecule has 1 spiro atoms. The summed E-state index contributed by atoms with van der Waals surface area (Å²) in [6.07, 6.45) is 4.11. The zero-order valence-corrected chi connectivity index (χ0v) is 12.4. The Hall–Kier alpha value is -1.55. The van der Waals surface area contributed by atoms with Crippen LogP contribution in [0.2, 0.25) is 0 Å². The van der Waals surface area contributed by atoms with E-state index < -0.39 is 0 Å². The van der Waals surface area contributed by atoms with Crippen molar-refractivity contribution in [3.8, 4) is 5.75 Å². The summed E-state index contributed by atoms with van der Waals surface area (Å²) in [6, 6.07) is 5.69. The van der Waals surface area contributed by atoms with Gasteiger partial charge in [0.05, 0.1) is 5.56 Å². The SMILES string of the molecule is CCN1CC(Oc2ccc3c(c2)COC3=O)CC2(CC2)C1. The maximum atomic E-state index is 11.5. The van der Waals surface area contributed by atoms with Crippen molar-refractivity contribution in [1.82, 2.24) is 4.90 Å². The third-order valence-corrected chi connectivity index (χ3v) is 5.04. The number of hydrogen-bond acceptors (Lipinski definition) is 4. The van der Waals surface area contributed by atoms with Gasteiger partial charge in [-0.3, -0.25) is 4.90 Å². The van der Waals surface area contributed by atoms with Crippen molar-refractivity contribution in [2.75, 3.05) is 19.6 Å². The minimum atomic E-state index is -0.219. The first kappa shape index (κ1) is 13.1. The molecule has 2 aliphatic heterocycles. The highest BCUT2D eigenvalue weighted by Crippen LogP contribution is 2.52. The van der Waals surface area contributed by atoms with Gasteiger partial charge in [-0.1, -0.05) is 6.92 Å². The Bertz CT molecular complexity index is 579. The molecule has 1 aromatic rings. The number of ether oxygens (including phenoxy) is 2. The molecular weight excluding hydrogens is 266 g/mol. The van der Waals surface area contributed by atoms with E-state index in [4.69, 9.17) is 9.47 Å². The summed E-state index contributed by atoms with van der Waals surface area (Å²) in [5, 5.41) is 0. The van der Waals surface area contributed by atoms with Crippen LogP contribution in [0.5, 0.6) is 5.75 Å². The van der Waals surface area contributed by atoms with Gasteiger partial charge in [0.2, 0.25) is 0 Å². The molecule has 1 saturated heterocycles. The fourth-order valence-electron chi connectivity index (χ4n) is 3.67. The number of cyclic esters (lactones) is 1. The van der Waals surface area contributed by atoms with E-state index in [1.54, 1.807) is 0 Å². The molecule has 4 rings (SSSR count). The van der Waals surface area contributed by atoms with E-state index in [0.29, 0.717) is 17.6 Å². The predicted octanol–water partition coefficient (Wildman–Crippen LogP) is 2.61. The summed E-state index contributed by atoms with van der Waals surface area (Å²) in [5.41, 5.74) is 2.15. The van der Waals surface area contributed by atoms with Crippen LogP contribution in [-0.2, 0) is 11.3 Å². The van der Waals surface area contributed by atoms with Gasteiger partial charge < -0.3 is 9.47 Å². The Morgan fingerprint density at radius 1 is 1.43 bits per heavy atom. The first-order chi connectivity index (χ1) is 10.2. The summed E-state index contributed by atoms with van der Waals surface area (Å²) in [6.45, 7) is 5.92. The monoisotopic (exact) mass is 287 g/mol. The number of likely N-dealkylation sites (N-methyl/N-ethyl adjacent to an activating group) is 1. The maximum absolute atomic E-state index is 11.5. The van der Waals surface area contributed by atoms with E-state index in [1.807, 2.05) is 18.2 Å². The smallest absolute Gasteiger partial charge is 0.338 e. The molecule has 112 valence electrons. The quantitative estimate of drug-likeness (QED) is 0.801. The molecule has 1 unspecified atom stereocenters. The largest absolute Gasteiger partial charge is 0.489 e. The van der Waals surface area contributed by atoms with Crippen LogP contribution in [0, 0.1) is 5.41 Å². The Labute approximate surface area is 125 Å². The molecule has 0 bridgehead atoms. The number of rotatable bonds is 3. The summed E-state index contributed by atoms with van der Waals surface area (Å²) < 4.78 is 11.3. The number of carbonyl (C=O) groups is 1. The first-order valence-electron chi connectivity index (χ1n) is 7.86. The molecule has 1 saturated carbocycles. The number of likely N-dealkylation sites (tertiary alicyclic amines) is 1. The molecule has 0 radical (unpaired) electrons. The Balaban J connectivity index is 1.49. The average molecular weight is 287 g/mol. The molecule has 21 heavy (non-hydrogen) atoms. The van der Waals surface area contributed by atoms with Crippen LogP contribution in [-0.4, -0.2) is 36.6 Å². The van der Waals surface area contributed by atoms with Gasteiger partial charge in [-0.15, -0.1) is 0 Å². The number of carbonyl (C=O) groups excluding carboxylic acids is 1. The van der Waals surface area contributed by atoms with Crippen LogP contribution < -0.4 is 4.74 Å². The molecular formula is C17H21NO3. The van der Waals surface area contributed by atoms with E-state index in [0.717, 1.165) is 30.8 Å². The minimum Gasteiger partial charge on any atom is -0.489 e. The number of nitrogens with zero attached hydrogens (tertiary/aromatic N) is 1. The highest BCUT2D eigenvalue weighted by molar-refractivity contribution is 5.93. The maximum Gasteiger partial charge on any atom is 0.338 e. The molecule has 2 heterocycles. The lowest BCUT2D eigenvalue weighted by molar-refractivity contribution is 0.0490. The van der Waals surface area contributed by atoms with Crippen molar-refractivity contribution in [1.29, 1.82) is 0 Å². The van der Waals surface area contributed by atoms with Crippen molar-refractivity contribution in [3.63, 3.8) is 0 Å².